The van der Waals surface area contributed by atoms with Gasteiger partial charge >= 0.3 is 0 Å². The molecule has 7 nitrogen and oxygen atoms in total. The maximum absolute atomic E-state index is 13.4. The van der Waals surface area contributed by atoms with Crippen molar-refractivity contribution in [3.05, 3.63) is 115 Å². The van der Waals surface area contributed by atoms with Gasteiger partial charge in [-0.1, -0.05) is 42.5 Å². The van der Waals surface area contributed by atoms with E-state index in [4.69, 9.17) is 4.98 Å². The molecule has 36 heavy (non-hydrogen) atoms. The van der Waals surface area contributed by atoms with Crippen LogP contribution >= 0.6 is 0 Å². The summed E-state index contributed by atoms with van der Waals surface area (Å²) in [4.78, 5) is 22.2. The van der Waals surface area contributed by atoms with Crippen LogP contribution in [0.5, 0.6) is 0 Å². The molecule has 0 aliphatic rings. The van der Waals surface area contributed by atoms with Crippen molar-refractivity contribution in [3.63, 3.8) is 0 Å². The molecule has 0 radical (unpaired) electrons. The molecule has 0 fully saturated rings. The number of aromatic nitrogens is 2. The van der Waals surface area contributed by atoms with E-state index in [9.17, 15) is 13.2 Å². The maximum Gasteiger partial charge on any atom is 0.264 e. The fraction of sp³-hybridized carbons (Fsp3) is 0.0357. The summed E-state index contributed by atoms with van der Waals surface area (Å²) in [7, 11) is -2.33. The molecule has 8 heteroatoms. The summed E-state index contributed by atoms with van der Waals surface area (Å²) in [6, 6.07) is 27.8. The van der Waals surface area contributed by atoms with Gasteiger partial charge in [0.05, 0.1) is 27.4 Å². The molecule has 3 aromatic carbocycles. The van der Waals surface area contributed by atoms with Gasteiger partial charge in [-0.25, -0.2) is 13.4 Å². The molecule has 0 spiro atoms. The first-order valence-corrected chi connectivity index (χ1v) is 12.6. The Morgan fingerprint density at radius 3 is 2.33 bits per heavy atom. The number of rotatable bonds is 6. The Bertz CT molecular complexity index is 1660. The molecule has 2 heterocycles. The second-order valence-corrected chi connectivity index (χ2v) is 10.1. The Hall–Kier alpha value is -4.56. The minimum atomic E-state index is -3.83. The molecule has 0 saturated heterocycles. The summed E-state index contributed by atoms with van der Waals surface area (Å²) >= 11 is 0. The first-order valence-electron chi connectivity index (χ1n) is 11.2. The highest BCUT2D eigenvalue weighted by Crippen LogP contribution is 2.27. The van der Waals surface area contributed by atoms with E-state index >= 15 is 0 Å². The summed E-state index contributed by atoms with van der Waals surface area (Å²) in [5, 5.41) is 3.55. The number of benzene rings is 3. The van der Waals surface area contributed by atoms with E-state index in [-0.39, 0.29) is 10.8 Å². The number of amides is 1. The molecule has 2 aromatic heterocycles. The van der Waals surface area contributed by atoms with Gasteiger partial charge < -0.3 is 5.32 Å². The molecule has 178 valence electrons. The van der Waals surface area contributed by atoms with Crippen molar-refractivity contribution < 1.29 is 13.2 Å². The van der Waals surface area contributed by atoms with Crippen molar-refractivity contribution in [1.29, 1.82) is 0 Å². The van der Waals surface area contributed by atoms with Crippen LogP contribution in [0.1, 0.15) is 10.4 Å². The summed E-state index contributed by atoms with van der Waals surface area (Å²) < 4.78 is 27.6. The first kappa shape index (κ1) is 23.2. The number of hydrogen-bond donors (Lipinski definition) is 1. The fourth-order valence-electron chi connectivity index (χ4n) is 3.90. The number of para-hydroxylation sites is 2. The Labute approximate surface area is 209 Å². The predicted octanol–water partition coefficient (Wildman–Crippen LogP) is 5.37. The molecule has 0 unspecified atom stereocenters. The van der Waals surface area contributed by atoms with Gasteiger partial charge in [-0.2, -0.15) is 0 Å². The van der Waals surface area contributed by atoms with Crippen LogP contribution in [0.15, 0.2) is 114 Å². The largest absolute Gasteiger partial charge is 0.322 e. The molecule has 1 N–H and O–H groups in total. The van der Waals surface area contributed by atoms with Crippen LogP contribution in [0.25, 0.3) is 22.2 Å². The van der Waals surface area contributed by atoms with E-state index in [1.54, 1.807) is 54.9 Å². The Morgan fingerprint density at radius 2 is 1.56 bits per heavy atom. The fourth-order valence-corrected chi connectivity index (χ4v) is 5.14. The van der Waals surface area contributed by atoms with Gasteiger partial charge in [-0.3, -0.25) is 14.1 Å². The zero-order valence-electron chi connectivity index (χ0n) is 19.4. The molecule has 0 bridgehead atoms. The highest BCUT2D eigenvalue weighted by atomic mass is 32.2. The van der Waals surface area contributed by atoms with Crippen molar-refractivity contribution >= 4 is 38.2 Å². The zero-order chi connectivity index (χ0) is 25.1. The predicted molar refractivity (Wildman–Crippen MR) is 141 cm³/mol. The smallest absolute Gasteiger partial charge is 0.264 e. The maximum atomic E-state index is 13.4. The van der Waals surface area contributed by atoms with Gasteiger partial charge in [0, 0.05) is 36.1 Å². The van der Waals surface area contributed by atoms with Crippen LogP contribution in [0, 0.1) is 0 Å². The number of fused-ring (bicyclic) bond motifs is 1. The van der Waals surface area contributed by atoms with E-state index in [1.165, 1.54) is 23.5 Å². The van der Waals surface area contributed by atoms with Crippen molar-refractivity contribution in [1.82, 2.24) is 9.97 Å². The van der Waals surface area contributed by atoms with Crippen LogP contribution in [-0.2, 0) is 10.0 Å². The number of sulfonamides is 1. The number of carbonyl (C=O) groups excluding carboxylic acids is 1. The molecular formula is C28H22N4O3S. The van der Waals surface area contributed by atoms with E-state index in [0.717, 1.165) is 5.56 Å². The Kier molecular flexibility index (Phi) is 6.18. The number of nitrogens with zero attached hydrogens (tertiary/aromatic N) is 3. The Morgan fingerprint density at radius 1 is 0.833 bits per heavy atom. The summed E-state index contributed by atoms with van der Waals surface area (Å²) in [6.07, 6.45) is 3.34. The number of carbonyl (C=O) groups is 1. The second kappa shape index (κ2) is 9.59. The Balaban J connectivity index is 1.49. The number of pyridine rings is 2. The molecular weight excluding hydrogens is 472 g/mol. The van der Waals surface area contributed by atoms with E-state index in [2.05, 4.69) is 10.3 Å². The molecule has 0 atom stereocenters. The second-order valence-electron chi connectivity index (χ2n) is 8.10. The molecule has 1 amide bonds. The van der Waals surface area contributed by atoms with Gasteiger partial charge in [0.2, 0.25) is 0 Å². The van der Waals surface area contributed by atoms with Gasteiger partial charge in [0.15, 0.2) is 0 Å². The topological polar surface area (TPSA) is 92.3 Å². The molecule has 0 aliphatic heterocycles. The van der Waals surface area contributed by atoms with Gasteiger partial charge in [0.25, 0.3) is 15.9 Å². The van der Waals surface area contributed by atoms with Gasteiger partial charge in [-0.15, -0.1) is 0 Å². The van der Waals surface area contributed by atoms with Crippen molar-refractivity contribution in [3.8, 4) is 11.3 Å². The van der Waals surface area contributed by atoms with Crippen molar-refractivity contribution in [2.75, 3.05) is 16.7 Å². The first-order chi connectivity index (χ1) is 17.4. The minimum absolute atomic E-state index is 0.0729. The lowest BCUT2D eigenvalue weighted by atomic mass is 10.0. The van der Waals surface area contributed by atoms with Crippen molar-refractivity contribution in [2.45, 2.75) is 4.90 Å². The number of nitrogens with one attached hydrogen (secondary N) is 1. The van der Waals surface area contributed by atoms with Crippen LogP contribution in [0.4, 0.5) is 11.4 Å². The van der Waals surface area contributed by atoms with Crippen LogP contribution in [0.3, 0.4) is 0 Å². The molecule has 5 aromatic rings. The number of anilines is 2. The third-order valence-electron chi connectivity index (χ3n) is 5.81. The van der Waals surface area contributed by atoms with E-state index in [1.807, 2.05) is 42.5 Å². The molecule has 0 saturated carbocycles. The lowest BCUT2D eigenvalue weighted by Gasteiger charge is -2.20. The van der Waals surface area contributed by atoms with E-state index < -0.39 is 10.0 Å². The minimum Gasteiger partial charge on any atom is -0.322 e. The lowest BCUT2D eigenvalue weighted by molar-refractivity contribution is 0.102. The quantitative estimate of drug-likeness (QED) is 0.342. The highest BCUT2D eigenvalue weighted by Gasteiger charge is 2.22. The monoisotopic (exact) mass is 494 g/mol. The molecule has 0 aliphatic carbocycles. The SMILES string of the molecule is CN(c1ccccc1)S(=O)(=O)c1cccc(NC(=O)c2cc(-c3ccncc3)nc3ccccc23)c1. The third kappa shape index (κ3) is 4.54. The lowest BCUT2D eigenvalue weighted by Crippen LogP contribution is -2.26. The molecule has 5 rings (SSSR count). The summed E-state index contributed by atoms with van der Waals surface area (Å²) in [5.41, 5.74) is 3.50. The average molecular weight is 495 g/mol. The third-order valence-corrected chi connectivity index (χ3v) is 7.59. The van der Waals surface area contributed by atoms with E-state index in [0.29, 0.717) is 33.5 Å². The zero-order valence-corrected chi connectivity index (χ0v) is 20.2. The summed E-state index contributed by atoms with van der Waals surface area (Å²) in [5.74, 6) is -0.366. The van der Waals surface area contributed by atoms with Gasteiger partial charge in [-0.05, 0) is 54.6 Å². The average Bonchev–Trinajstić information content (AvgIpc) is 2.93. The van der Waals surface area contributed by atoms with Crippen LogP contribution < -0.4 is 9.62 Å². The van der Waals surface area contributed by atoms with Gasteiger partial charge in [0.1, 0.15) is 0 Å². The normalized spacial score (nSPS) is 11.2. The number of hydrogen-bond acceptors (Lipinski definition) is 5. The highest BCUT2D eigenvalue weighted by molar-refractivity contribution is 7.92. The van der Waals surface area contributed by atoms with Crippen LogP contribution in [0.2, 0.25) is 0 Å². The van der Waals surface area contributed by atoms with Crippen LogP contribution in [-0.4, -0.2) is 31.3 Å². The standard InChI is InChI=1S/C28H22N4O3S/c1-32(22-9-3-2-4-10-22)36(34,35)23-11-7-8-21(18-23)30-28(33)25-19-27(20-14-16-29-17-15-20)31-26-13-6-5-12-24(25)26/h2-19H,1H3,(H,30,33). The summed E-state index contributed by atoms with van der Waals surface area (Å²) in [6.45, 7) is 0. The van der Waals surface area contributed by atoms with Crippen molar-refractivity contribution in [2.24, 2.45) is 0 Å².